The second kappa shape index (κ2) is 5.44. The van der Waals surface area contributed by atoms with Gasteiger partial charge in [0, 0.05) is 13.1 Å². The Morgan fingerprint density at radius 3 is 2.76 bits per heavy atom. The van der Waals surface area contributed by atoms with Crippen LogP contribution in [0.5, 0.6) is 0 Å². The zero-order valence-electron chi connectivity index (χ0n) is 9.65. The molecule has 0 aromatic carbocycles. The van der Waals surface area contributed by atoms with Gasteiger partial charge in [-0.2, -0.15) is 0 Å². The maximum atomic E-state index is 11.7. The molecule has 2 heterocycles. The number of carbonyl (C=O) groups excluding carboxylic acids is 1. The number of carbonyl (C=O) groups is 1. The highest BCUT2D eigenvalue weighted by molar-refractivity contribution is 9.10. The minimum Gasteiger partial charge on any atom is -0.464 e. The van der Waals surface area contributed by atoms with E-state index in [0.29, 0.717) is 10.4 Å². The van der Waals surface area contributed by atoms with Crippen LogP contribution in [0.25, 0.3) is 0 Å². The summed E-state index contributed by atoms with van der Waals surface area (Å²) in [6.07, 6.45) is 5.08. The summed E-state index contributed by atoms with van der Waals surface area (Å²) in [4.78, 5) is 22.2. The Kier molecular flexibility index (Phi) is 3.93. The number of methoxy groups -OCH3 is 1. The Morgan fingerprint density at radius 1 is 1.41 bits per heavy atom. The maximum absolute atomic E-state index is 11.7. The average molecular weight is 300 g/mol. The van der Waals surface area contributed by atoms with E-state index in [1.165, 1.54) is 13.5 Å². The van der Waals surface area contributed by atoms with E-state index in [2.05, 4.69) is 30.8 Å². The van der Waals surface area contributed by atoms with Gasteiger partial charge in [0.2, 0.25) is 0 Å². The van der Waals surface area contributed by atoms with Crippen LogP contribution in [-0.4, -0.2) is 36.1 Å². The third kappa shape index (κ3) is 2.74. The van der Waals surface area contributed by atoms with Crippen LogP contribution in [0.2, 0.25) is 0 Å². The monoisotopic (exact) mass is 299 g/mol. The van der Waals surface area contributed by atoms with Gasteiger partial charge in [0.1, 0.15) is 4.60 Å². The lowest BCUT2D eigenvalue weighted by atomic mass is 10.1. The molecule has 5 nitrogen and oxygen atoms in total. The summed E-state index contributed by atoms with van der Waals surface area (Å²) in [5.41, 5.74) is 0.281. The average Bonchev–Trinajstić information content (AvgIpc) is 2.38. The molecule has 0 amide bonds. The third-order valence-electron chi connectivity index (χ3n) is 2.76. The highest BCUT2D eigenvalue weighted by Crippen LogP contribution is 2.22. The molecular formula is C11H14BrN3O2. The van der Waals surface area contributed by atoms with Crippen molar-refractivity contribution in [1.29, 1.82) is 0 Å². The maximum Gasteiger partial charge on any atom is 0.360 e. The van der Waals surface area contributed by atoms with Crippen molar-refractivity contribution in [3.63, 3.8) is 0 Å². The van der Waals surface area contributed by atoms with Crippen LogP contribution in [0.15, 0.2) is 10.8 Å². The van der Waals surface area contributed by atoms with Gasteiger partial charge in [-0.1, -0.05) is 0 Å². The first-order chi connectivity index (χ1) is 8.22. The lowest BCUT2D eigenvalue weighted by molar-refractivity contribution is 0.0594. The first-order valence-electron chi connectivity index (χ1n) is 5.58. The van der Waals surface area contributed by atoms with E-state index in [0.717, 1.165) is 25.9 Å². The van der Waals surface area contributed by atoms with E-state index >= 15 is 0 Å². The van der Waals surface area contributed by atoms with E-state index in [9.17, 15) is 4.79 Å². The molecule has 17 heavy (non-hydrogen) atoms. The number of anilines is 1. The summed E-state index contributed by atoms with van der Waals surface area (Å²) < 4.78 is 5.27. The van der Waals surface area contributed by atoms with Crippen LogP contribution in [0.3, 0.4) is 0 Å². The molecule has 1 aliphatic rings. The number of nitrogens with zero attached hydrogens (tertiary/aromatic N) is 3. The van der Waals surface area contributed by atoms with Gasteiger partial charge in [-0.05, 0) is 35.2 Å². The number of rotatable bonds is 2. The summed E-state index contributed by atoms with van der Waals surface area (Å²) in [6.45, 7) is 1.83. The van der Waals surface area contributed by atoms with Crippen LogP contribution in [0.1, 0.15) is 29.8 Å². The topological polar surface area (TPSA) is 55.3 Å². The quantitative estimate of drug-likeness (QED) is 0.782. The molecule has 6 heteroatoms. The van der Waals surface area contributed by atoms with Gasteiger partial charge < -0.3 is 9.64 Å². The highest BCUT2D eigenvalue weighted by atomic mass is 79.9. The Balaban J connectivity index is 2.34. The lowest BCUT2D eigenvalue weighted by Gasteiger charge is -2.28. The number of halogens is 1. The van der Waals surface area contributed by atoms with Crippen molar-refractivity contribution in [2.24, 2.45) is 0 Å². The second-order valence-corrected chi connectivity index (χ2v) is 4.72. The van der Waals surface area contributed by atoms with Crippen molar-refractivity contribution in [3.8, 4) is 0 Å². The van der Waals surface area contributed by atoms with Crippen LogP contribution < -0.4 is 4.90 Å². The van der Waals surface area contributed by atoms with Crippen molar-refractivity contribution in [2.45, 2.75) is 19.3 Å². The minimum atomic E-state index is -0.445. The number of hydrogen-bond acceptors (Lipinski definition) is 5. The normalized spacial score (nSPS) is 15.8. The summed E-state index contributed by atoms with van der Waals surface area (Å²) >= 11 is 3.22. The zero-order chi connectivity index (χ0) is 12.3. The van der Waals surface area contributed by atoms with Gasteiger partial charge in [-0.15, -0.1) is 0 Å². The molecule has 0 unspecified atom stereocenters. The molecule has 0 saturated carbocycles. The third-order valence-corrected chi connectivity index (χ3v) is 3.14. The Bertz CT molecular complexity index is 419. The molecule has 0 N–H and O–H groups in total. The summed E-state index contributed by atoms with van der Waals surface area (Å²) in [7, 11) is 1.35. The predicted octanol–water partition coefficient (Wildman–Crippen LogP) is 2.02. The second-order valence-electron chi connectivity index (χ2n) is 3.90. The fourth-order valence-electron chi connectivity index (χ4n) is 1.93. The van der Waals surface area contributed by atoms with Gasteiger partial charge in [0.25, 0.3) is 0 Å². The summed E-state index contributed by atoms with van der Waals surface area (Å²) in [6, 6.07) is 0. The van der Waals surface area contributed by atoms with Crippen LogP contribution >= 0.6 is 15.9 Å². The SMILES string of the molecule is COC(=O)c1nc(Br)cnc1N1CCCCC1. The van der Waals surface area contributed by atoms with Crippen molar-refractivity contribution in [3.05, 3.63) is 16.5 Å². The number of piperidine rings is 1. The van der Waals surface area contributed by atoms with E-state index in [4.69, 9.17) is 4.74 Å². The van der Waals surface area contributed by atoms with Crippen LogP contribution in [-0.2, 0) is 4.74 Å². The highest BCUT2D eigenvalue weighted by Gasteiger charge is 2.22. The molecule has 0 atom stereocenters. The number of aromatic nitrogens is 2. The van der Waals surface area contributed by atoms with Gasteiger partial charge >= 0.3 is 5.97 Å². The molecule has 0 aliphatic carbocycles. The first-order valence-corrected chi connectivity index (χ1v) is 6.37. The van der Waals surface area contributed by atoms with E-state index in [1.807, 2.05) is 0 Å². The molecule has 0 radical (unpaired) electrons. The molecule has 1 aromatic rings. The largest absolute Gasteiger partial charge is 0.464 e. The fourth-order valence-corrected chi connectivity index (χ4v) is 2.21. The molecule has 1 aliphatic heterocycles. The van der Waals surface area contributed by atoms with E-state index in [1.54, 1.807) is 6.20 Å². The zero-order valence-corrected chi connectivity index (χ0v) is 11.2. The molecule has 92 valence electrons. The molecular weight excluding hydrogens is 286 g/mol. The minimum absolute atomic E-state index is 0.281. The van der Waals surface area contributed by atoms with Crippen molar-refractivity contribution < 1.29 is 9.53 Å². The summed E-state index contributed by atoms with van der Waals surface area (Å²) in [5.74, 6) is 0.180. The first kappa shape index (κ1) is 12.3. The van der Waals surface area contributed by atoms with Crippen LogP contribution in [0, 0.1) is 0 Å². The summed E-state index contributed by atoms with van der Waals surface area (Å²) in [5, 5.41) is 0. The molecule has 1 saturated heterocycles. The van der Waals surface area contributed by atoms with Gasteiger partial charge in [-0.3, -0.25) is 0 Å². The number of hydrogen-bond donors (Lipinski definition) is 0. The Hall–Kier alpha value is -1.17. The molecule has 1 aromatic heterocycles. The molecule has 2 rings (SSSR count). The Labute approximate surface area is 108 Å². The standard InChI is InChI=1S/C11H14BrN3O2/c1-17-11(16)9-10(13-7-8(12)14-9)15-5-3-2-4-6-15/h7H,2-6H2,1H3. The van der Waals surface area contributed by atoms with Crippen LogP contribution in [0.4, 0.5) is 5.82 Å². The van der Waals surface area contributed by atoms with Crippen molar-refractivity contribution in [1.82, 2.24) is 9.97 Å². The Morgan fingerprint density at radius 2 is 2.12 bits per heavy atom. The van der Waals surface area contributed by atoms with Crippen molar-refractivity contribution >= 4 is 27.7 Å². The smallest absolute Gasteiger partial charge is 0.360 e. The molecule has 1 fully saturated rings. The van der Waals surface area contributed by atoms with E-state index in [-0.39, 0.29) is 5.69 Å². The predicted molar refractivity (Wildman–Crippen MR) is 67.1 cm³/mol. The number of esters is 1. The molecule has 0 spiro atoms. The van der Waals surface area contributed by atoms with Gasteiger partial charge in [0.05, 0.1) is 13.3 Å². The molecule has 0 bridgehead atoms. The van der Waals surface area contributed by atoms with Gasteiger partial charge in [0.15, 0.2) is 11.5 Å². The number of ether oxygens (including phenoxy) is 1. The fraction of sp³-hybridized carbons (Fsp3) is 0.545. The lowest BCUT2D eigenvalue weighted by Crippen LogP contribution is -2.32. The van der Waals surface area contributed by atoms with E-state index < -0.39 is 5.97 Å². The van der Waals surface area contributed by atoms with Gasteiger partial charge in [-0.25, -0.2) is 14.8 Å². The van der Waals surface area contributed by atoms with Crippen molar-refractivity contribution in [2.75, 3.05) is 25.1 Å².